The van der Waals surface area contributed by atoms with Crippen molar-refractivity contribution in [3.63, 3.8) is 0 Å². The van der Waals surface area contributed by atoms with Gasteiger partial charge >= 0.3 is 0 Å². The lowest BCUT2D eigenvalue weighted by molar-refractivity contribution is -0.117. The Morgan fingerprint density at radius 1 is 1.25 bits per heavy atom. The highest BCUT2D eigenvalue weighted by atomic mass is 16.1. The SMILES string of the molecule is C/C(=C\C(=O)NC(C)C)C(C)C. The Kier molecular flexibility index (Phi) is 4.64. The van der Waals surface area contributed by atoms with Crippen LogP contribution in [0.1, 0.15) is 34.6 Å². The molecule has 0 bridgehead atoms. The molecule has 0 rings (SSSR count). The Bertz CT molecular complexity index is 180. The van der Waals surface area contributed by atoms with Crippen molar-refractivity contribution in [3.8, 4) is 0 Å². The van der Waals surface area contributed by atoms with Crippen molar-refractivity contribution < 1.29 is 4.79 Å². The second-order valence-corrected chi connectivity index (χ2v) is 3.71. The maximum atomic E-state index is 11.2. The highest BCUT2D eigenvalue weighted by Crippen LogP contribution is 2.06. The van der Waals surface area contributed by atoms with Crippen molar-refractivity contribution in [2.24, 2.45) is 5.92 Å². The average molecular weight is 169 g/mol. The van der Waals surface area contributed by atoms with Gasteiger partial charge in [0.15, 0.2) is 0 Å². The molecular weight excluding hydrogens is 150 g/mol. The number of rotatable bonds is 3. The number of allylic oxidation sites excluding steroid dienone is 1. The van der Waals surface area contributed by atoms with E-state index >= 15 is 0 Å². The topological polar surface area (TPSA) is 29.1 Å². The summed E-state index contributed by atoms with van der Waals surface area (Å²) >= 11 is 0. The minimum absolute atomic E-state index is 0.0104. The first kappa shape index (κ1) is 11.2. The lowest BCUT2D eigenvalue weighted by atomic mass is 10.1. The van der Waals surface area contributed by atoms with Gasteiger partial charge in [-0.25, -0.2) is 0 Å². The Balaban J connectivity index is 4.06. The van der Waals surface area contributed by atoms with E-state index < -0.39 is 0 Å². The van der Waals surface area contributed by atoms with Crippen LogP contribution in [0.5, 0.6) is 0 Å². The van der Waals surface area contributed by atoms with Gasteiger partial charge in [-0.15, -0.1) is 0 Å². The molecule has 2 heteroatoms. The van der Waals surface area contributed by atoms with E-state index in [1.165, 1.54) is 0 Å². The molecule has 0 radical (unpaired) electrons. The van der Waals surface area contributed by atoms with E-state index in [1.54, 1.807) is 6.08 Å². The average Bonchev–Trinajstić information content (AvgIpc) is 1.84. The van der Waals surface area contributed by atoms with Crippen LogP contribution >= 0.6 is 0 Å². The lowest BCUT2D eigenvalue weighted by Crippen LogP contribution is -2.28. The second-order valence-electron chi connectivity index (χ2n) is 3.71. The molecule has 2 nitrogen and oxygen atoms in total. The van der Waals surface area contributed by atoms with Crippen molar-refractivity contribution >= 4 is 5.91 Å². The van der Waals surface area contributed by atoms with Gasteiger partial charge in [0.05, 0.1) is 0 Å². The summed E-state index contributed by atoms with van der Waals surface area (Å²) in [5, 5.41) is 2.81. The monoisotopic (exact) mass is 169 g/mol. The van der Waals surface area contributed by atoms with Crippen LogP contribution in [0.3, 0.4) is 0 Å². The molecule has 0 aliphatic heterocycles. The van der Waals surface area contributed by atoms with Gasteiger partial charge in [-0.2, -0.15) is 0 Å². The van der Waals surface area contributed by atoms with Crippen LogP contribution < -0.4 is 5.32 Å². The zero-order chi connectivity index (χ0) is 9.72. The molecule has 0 unspecified atom stereocenters. The van der Waals surface area contributed by atoms with Crippen LogP contribution in [0.4, 0.5) is 0 Å². The number of nitrogens with one attached hydrogen (secondary N) is 1. The third-order valence-electron chi connectivity index (χ3n) is 1.70. The molecule has 1 N–H and O–H groups in total. The predicted molar refractivity (Wildman–Crippen MR) is 51.9 cm³/mol. The van der Waals surface area contributed by atoms with Gasteiger partial charge in [-0.3, -0.25) is 4.79 Å². The standard InChI is InChI=1S/C10H19NO/c1-7(2)9(5)6-10(12)11-8(3)4/h6-8H,1-5H3,(H,11,12)/b9-6+. The highest BCUT2D eigenvalue weighted by Gasteiger charge is 2.01. The van der Waals surface area contributed by atoms with E-state index in [1.807, 2.05) is 20.8 Å². The largest absolute Gasteiger partial charge is 0.350 e. The molecule has 70 valence electrons. The van der Waals surface area contributed by atoms with Crippen molar-refractivity contribution in [2.75, 3.05) is 0 Å². The van der Waals surface area contributed by atoms with Crippen molar-refractivity contribution in [1.82, 2.24) is 5.32 Å². The van der Waals surface area contributed by atoms with Gasteiger partial charge in [0, 0.05) is 12.1 Å². The number of hydrogen-bond acceptors (Lipinski definition) is 1. The summed E-state index contributed by atoms with van der Waals surface area (Å²) in [5.74, 6) is 0.458. The highest BCUT2D eigenvalue weighted by molar-refractivity contribution is 5.88. The first-order chi connectivity index (χ1) is 5.43. The molecule has 0 saturated heterocycles. The molecule has 12 heavy (non-hydrogen) atoms. The van der Waals surface area contributed by atoms with Crippen LogP contribution in [0.25, 0.3) is 0 Å². The minimum atomic E-state index is 0.0104. The summed E-state index contributed by atoms with van der Waals surface area (Å²) in [6.45, 7) is 10.0. The van der Waals surface area contributed by atoms with Gasteiger partial charge in [0.2, 0.25) is 5.91 Å². The van der Waals surface area contributed by atoms with Crippen molar-refractivity contribution in [1.29, 1.82) is 0 Å². The fraction of sp³-hybridized carbons (Fsp3) is 0.700. The molecule has 0 spiro atoms. The summed E-state index contributed by atoms with van der Waals surface area (Å²) < 4.78 is 0. The molecular formula is C10H19NO. The third kappa shape index (κ3) is 4.94. The van der Waals surface area contributed by atoms with E-state index in [2.05, 4.69) is 19.2 Å². The Hall–Kier alpha value is -0.790. The lowest BCUT2D eigenvalue weighted by Gasteiger charge is -2.07. The first-order valence-corrected chi connectivity index (χ1v) is 4.42. The van der Waals surface area contributed by atoms with Crippen LogP contribution in [0.2, 0.25) is 0 Å². The number of carbonyl (C=O) groups excluding carboxylic acids is 1. The molecule has 0 aliphatic rings. The molecule has 0 heterocycles. The smallest absolute Gasteiger partial charge is 0.244 e. The third-order valence-corrected chi connectivity index (χ3v) is 1.70. The summed E-state index contributed by atoms with van der Waals surface area (Å²) in [4.78, 5) is 11.2. The van der Waals surface area contributed by atoms with E-state index in [9.17, 15) is 4.79 Å². The molecule has 0 aromatic rings. The number of carbonyl (C=O) groups is 1. The van der Waals surface area contributed by atoms with E-state index in [0.717, 1.165) is 5.57 Å². The fourth-order valence-corrected chi connectivity index (χ4v) is 0.700. The van der Waals surface area contributed by atoms with Crippen LogP contribution in [-0.2, 0) is 4.79 Å². The molecule has 0 atom stereocenters. The normalized spacial score (nSPS) is 12.4. The van der Waals surface area contributed by atoms with Crippen LogP contribution in [-0.4, -0.2) is 11.9 Å². The maximum Gasteiger partial charge on any atom is 0.244 e. The molecule has 0 fully saturated rings. The molecule has 0 aromatic heterocycles. The number of amides is 1. The zero-order valence-corrected chi connectivity index (χ0v) is 8.64. The van der Waals surface area contributed by atoms with E-state index in [4.69, 9.17) is 0 Å². The van der Waals surface area contributed by atoms with E-state index in [-0.39, 0.29) is 11.9 Å². The first-order valence-electron chi connectivity index (χ1n) is 4.42. The van der Waals surface area contributed by atoms with Gasteiger partial charge in [-0.1, -0.05) is 19.4 Å². The summed E-state index contributed by atoms with van der Waals surface area (Å²) in [7, 11) is 0. The van der Waals surface area contributed by atoms with Gasteiger partial charge in [0.1, 0.15) is 0 Å². The van der Waals surface area contributed by atoms with Crippen molar-refractivity contribution in [2.45, 2.75) is 40.7 Å². The van der Waals surface area contributed by atoms with Gasteiger partial charge < -0.3 is 5.32 Å². The van der Waals surface area contributed by atoms with Gasteiger partial charge in [0.25, 0.3) is 0 Å². The van der Waals surface area contributed by atoms with Crippen LogP contribution in [0.15, 0.2) is 11.6 Å². The predicted octanol–water partition coefficient (Wildman–Crippen LogP) is 2.11. The zero-order valence-electron chi connectivity index (χ0n) is 8.64. The second kappa shape index (κ2) is 4.96. The van der Waals surface area contributed by atoms with Crippen molar-refractivity contribution in [3.05, 3.63) is 11.6 Å². The molecule has 0 aromatic carbocycles. The summed E-state index contributed by atoms with van der Waals surface area (Å²) in [5.41, 5.74) is 1.12. The molecule has 1 amide bonds. The summed E-state index contributed by atoms with van der Waals surface area (Å²) in [6, 6.07) is 0.216. The minimum Gasteiger partial charge on any atom is -0.350 e. The summed E-state index contributed by atoms with van der Waals surface area (Å²) in [6.07, 6.45) is 1.67. The number of hydrogen-bond donors (Lipinski definition) is 1. The fourth-order valence-electron chi connectivity index (χ4n) is 0.700. The molecule has 0 aliphatic carbocycles. The Morgan fingerprint density at radius 3 is 2.08 bits per heavy atom. The Morgan fingerprint density at radius 2 is 1.75 bits per heavy atom. The van der Waals surface area contributed by atoms with E-state index in [0.29, 0.717) is 5.92 Å². The Labute approximate surface area is 75.0 Å². The quantitative estimate of drug-likeness (QED) is 0.644. The van der Waals surface area contributed by atoms with Gasteiger partial charge in [-0.05, 0) is 26.7 Å². The molecule has 0 saturated carbocycles. The maximum absolute atomic E-state index is 11.2. The van der Waals surface area contributed by atoms with Crippen LogP contribution in [0, 0.1) is 5.92 Å².